The quantitative estimate of drug-likeness (QED) is 0.436. The summed E-state index contributed by atoms with van der Waals surface area (Å²) in [4.78, 5) is 11.8. The van der Waals surface area contributed by atoms with E-state index in [1.165, 1.54) is 0 Å². The Morgan fingerprint density at radius 3 is 2.67 bits per heavy atom. The van der Waals surface area contributed by atoms with Crippen molar-refractivity contribution in [3.63, 3.8) is 0 Å². The van der Waals surface area contributed by atoms with Gasteiger partial charge in [-0.3, -0.25) is 10.2 Å². The molecule has 0 saturated carbocycles. The minimum atomic E-state index is -0.277. The molecule has 0 fully saturated rings. The van der Waals surface area contributed by atoms with Gasteiger partial charge in [0.1, 0.15) is 0 Å². The second-order valence-electron chi connectivity index (χ2n) is 4.75. The number of para-hydroxylation sites is 1. The lowest BCUT2D eigenvalue weighted by atomic mass is 10.1. The summed E-state index contributed by atoms with van der Waals surface area (Å²) in [7, 11) is 0. The van der Waals surface area contributed by atoms with Gasteiger partial charge in [0.25, 0.3) is 5.91 Å². The summed E-state index contributed by atoms with van der Waals surface area (Å²) in [6.45, 7) is 0.607. The fraction of sp³-hybridized carbons (Fsp3) is 0.0625. The summed E-state index contributed by atoms with van der Waals surface area (Å²) in [6.07, 6.45) is 2.03. The smallest absolute Gasteiger partial charge is 0.265 e. The van der Waals surface area contributed by atoms with Crippen LogP contribution in [0.3, 0.4) is 0 Å². The number of nitrogens with zero attached hydrogens (tertiary/aromatic N) is 1. The molecule has 2 aromatic carbocycles. The summed E-state index contributed by atoms with van der Waals surface area (Å²) >= 11 is 3.57. The van der Waals surface area contributed by atoms with Crippen LogP contribution >= 0.6 is 15.9 Å². The molecule has 0 aliphatic carbocycles. The average molecular weight is 344 g/mol. The van der Waals surface area contributed by atoms with Gasteiger partial charge in [0.05, 0.1) is 0 Å². The average Bonchev–Trinajstić information content (AvgIpc) is 2.84. The molecule has 5 heteroatoms. The molecule has 0 saturated heterocycles. The van der Waals surface area contributed by atoms with Gasteiger partial charge in [-0.25, -0.2) is 5.84 Å². The molecule has 0 aliphatic rings. The summed E-state index contributed by atoms with van der Waals surface area (Å²) in [5.41, 5.74) is 4.83. The number of halogens is 1. The van der Waals surface area contributed by atoms with Crippen molar-refractivity contribution < 1.29 is 4.79 Å². The fourth-order valence-electron chi connectivity index (χ4n) is 2.47. The van der Waals surface area contributed by atoms with Crippen molar-refractivity contribution in [1.29, 1.82) is 0 Å². The molecule has 0 radical (unpaired) electrons. The minimum Gasteiger partial charge on any atom is -0.342 e. The van der Waals surface area contributed by atoms with Gasteiger partial charge < -0.3 is 4.57 Å². The molecule has 0 bridgehead atoms. The normalized spacial score (nSPS) is 10.8. The topological polar surface area (TPSA) is 60.0 Å². The third kappa shape index (κ3) is 2.57. The van der Waals surface area contributed by atoms with Crippen molar-refractivity contribution in [2.24, 2.45) is 5.84 Å². The van der Waals surface area contributed by atoms with Gasteiger partial charge in [0.15, 0.2) is 0 Å². The molecular formula is C16H14BrN3O. The van der Waals surface area contributed by atoms with E-state index in [0.29, 0.717) is 12.1 Å². The van der Waals surface area contributed by atoms with E-state index in [2.05, 4.69) is 38.1 Å². The maximum absolute atomic E-state index is 11.8. The van der Waals surface area contributed by atoms with Crippen molar-refractivity contribution in [3.05, 3.63) is 70.3 Å². The first kappa shape index (κ1) is 13.9. The number of nitrogen functional groups attached to an aromatic ring is 1. The van der Waals surface area contributed by atoms with Crippen LogP contribution in [0.15, 0.2) is 59.2 Å². The number of benzene rings is 2. The van der Waals surface area contributed by atoms with E-state index in [-0.39, 0.29) is 5.91 Å². The number of fused-ring (bicyclic) bond motifs is 1. The van der Waals surface area contributed by atoms with Gasteiger partial charge in [-0.15, -0.1) is 0 Å². The van der Waals surface area contributed by atoms with Crippen LogP contribution in [0.5, 0.6) is 0 Å². The molecule has 3 aromatic rings. The van der Waals surface area contributed by atoms with Crippen LogP contribution < -0.4 is 11.3 Å². The van der Waals surface area contributed by atoms with Crippen molar-refractivity contribution in [3.8, 4) is 0 Å². The van der Waals surface area contributed by atoms with Crippen molar-refractivity contribution in [2.75, 3.05) is 0 Å². The molecule has 21 heavy (non-hydrogen) atoms. The maximum atomic E-state index is 11.8. The zero-order chi connectivity index (χ0) is 14.8. The van der Waals surface area contributed by atoms with E-state index in [9.17, 15) is 4.79 Å². The monoisotopic (exact) mass is 343 g/mol. The molecule has 4 nitrogen and oxygen atoms in total. The highest BCUT2D eigenvalue weighted by atomic mass is 79.9. The number of nitrogens with one attached hydrogen (secondary N) is 1. The first-order chi connectivity index (χ1) is 10.2. The Bertz CT molecular complexity index is 810. The number of carbonyl (C=O) groups excluding carboxylic acids is 1. The first-order valence-corrected chi connectivity index (χ1v) is 7.32. The molecule has 1 amide bonds. The van der Waals surface area contributed by atoms with Crippen LogP contribution in [-0.2, 0) is 6.54 Å². The Balaban J connectivity index is 2.05. The second-order valence-corrected chi connectivity index (χ2v) is 5.61. The summed E-state index contributed by atoms with van der Waals surface area (Å²) in [5, 5.41) is 1.15. The molecule has 3 N–H and O–H groups in total. The molecule has 0 unspecified atom stereocenters. The lowest BCUT2D eigenvalue weighted by Gasteiger charge is -2.10. The Morgan fingerprint density at radius 2 is 1.86 bits per heavy atom. The van der Waals surface area contributed by atoms with Gasteiger partial charge >= 0.3 is 0 Å². The van der Waals surface area contributed by atoms with E-state index in [4.69, 9.17) is 5.84 Å². The number of hydrogen-bond donors (Lipinski definition) is 2. The second kappa shape index (κ2) is 5.71. The van der Waals surface area contributed by atoms with Gasteiger partial charge in [0, 0.05) is 33.7 Å². The molecule has 106 valence electrons. The van der Waals surface area contributed by atoms with E-state index in [1.54, 1.807) is 6.07 Å². The van der Waals surface area contributed by atoms with Crippen molar-refractivity contribution in [2.45, 2.75) is 6.54 Å². The van der Waals surface area contributed by atoms with E-state index < -0.39 is 0 Å². The minimum absolute atomic E-state index is 0.277. The third-order valence-corrected chi connectivity index (χ3v) is 4.11. The zero-order valence-corrected chi connectivity index (χ0v) is 12.8. The summed E-state index contributed by atoms with van der Waals surface area (Å²) in [5.74, 6) is 4.97. The SMILES string of the molecule is NNC(=O)c1ccccc1Cn1cc(Br)c2ccccc21. The van der Waals surface area contributed by atoms with Crippen LogP contribution in [0.4, 0.5) is 0 Å². The molecule has 0 atom stereocenters. The first-order valence-electron chi connectivity index (χ1n) is 6.53. The highest BCUT2D eigenvalue weighted by Gasteiger charge is 2.12. The Morgan fingerprint density at radius 1 is 1.14 bits per heavy atom. The highest BCUT2D eigenvalue weighted by molar-refractivity contribution is 9.10. The zero-order valence-electron chi connectivity index (χ0n) is 11.2. The largest absolute Gasteiger partial charge is 0.342 e. The van der Waals surface area contributed by atoms with Crippen LogP contribution in [0.1, 0.15) is 15.9 Å². The number of nitrogens with two attached hydrogens (primary N) is 1. The predicted molar refractivity (Wildman–Crippen MR) is 86.8 cm³/mol. The number of aromatic nitrogens is 1. The Kier molecular flexibility index (Phi) is 3.77. The third-order valence-electron chi connectivity index (χ3n) is 3.47. The molecular weight excluding hydrogens is 330 g/mol. The highest BCUT2D eigenvalue weighted by Crippen LogP contribution is 2.27. The number of rotatable bonds is 3. The van der Waals surface area contributed by atoms with E-state index >= 15 is 0 Å². The Hall–Kier alpha value is -2.11. The van der Waals surface area contributed by atoms with Gasteiger partial charge in [-0.1, -0.05) is 36.4 Å². The number of amides is 1. The Labute approximate surface area is 130 Å². The summed E-state index contributed by atoms with van der Waals surface area (Å²) in [6, 6.07) is 15.6. The lowest BCUT2D eigenvalue weighted by molar-refractivity contribution is 0.0952. The number of hydrazine groups is 1. The number of hydrogen-bond acceptors (Lipinski definition) is 2. The summed E-state index contributed by atoms with van der Waals surface area (Å²) < 4.78 is 3.15. The van der Waals surface area contributed by atoms with Gasteiger partial charge in [0.2, 0.25) is 0 Å². The molecule has 3 rings (SSSR count). The van der Waals surface area contributed by atoms with Gasteiger partial charge in [-0.2, -0.15) is 0 Å². The van der Waals surface area contributed by atoms with E-state index in [0.717, 1.165) is 20.9 Å². The van der Waals surface area contributed by atoms with Crippen molar-refractivity contribution >= 4 is 32.7 Å². The van der Waals surface area contributed by atoms with E-state index in [1.807, 2.05) is 36.5 Å². The molecule has 0 aliphatic heterocycles. The lowest BCUT2D eigenvalue weighted by Crippen LogP contribution is -2.31. The van der Waals surface area contributed by atoms with Crippen LogP contribution in [0.25, 0.3) is 10.9 Å². The standard InChI is InChI=1S/C16H14BrN3O/c17-14-10-20(15-8-4-3-7-13(14)15)9-11-5-1-2-6-12(11)16(21)19-18/h1-8,10H,9,18H2,(H,19,21). The number of carbonyl (C=O) groups is 1. The van der Waals surface area contributed by atoms with Crippen LogP contribution in [0.2, 0.25) is 0 Å². The molecule has 1 aromatic heterocycles. The van der Waals surface area contributed by atoms with Crippen LogP contribution in [0, 0.1) is 0 Å². The van der Waals surface area contributed by atoms with Crippen LogP contribution in [-0.4, -0.2) is 10.5 Å². The van der Waals surface area contributed by atoms with Gasteiger partial charge in [-0.05, 0) is 33.6 Å². The fourth-order valence-corrected chi connectivity index (χ4v) is 3.06. The maximum Gasteiger partial charge on any atom is 0.265 e. The molecule has 1 heterocycles. The van der Waals surface area contributed by atoms with Crippen molar-refractivity contribution in [1.82, 2.24) is 9.99 Å². The molecule has 0 spiro atoms. The predicted octanol–water partition coefficient (Wildman–Crippen LogP) is 3.06.